The molecule has 0 bridgehead atoms. The molecule has 0 saturated carbocycles. The van der Waals surface area contributed by atoms with E-state index in [1.165, 1.54) is 6.08 Å². The second-order valence-corrected chi connectivity index (χ2v) is 3.76. The van der Waals surface area contributed by atoms with Crippen LogP contribution >= 0.6 is 0 Å². The van der Waals surface area contributed by atoms with Crippen LogP contribution in [-0.2, 0) is 9.53 Å². The lowest BCUT2D eigenvalue weighted by atomic mass is 9.87. The lowest BCUT2D eigenvalue weighted by molar-refractivity contribution is -0.146. The third-order valence-corrected chi connectivity index (χ3v) is 1.53. The predicted molar refractivity (Wildman–Crippen MR) is 48.6 cm³/mol. The number of esters is 1. The molecule has 0 rings (SSSR count). The van der Waals surface area contributed by atoms with Gasteiger partial charge in [-0.1, -0.05) is 33.4 Å². The van der Waals surface area contributed by atoms with E-state index >= 15 is 0 Å². The van der Waals surface area contributed by atoms with E-state index in [-0.39, 0.29) is 18.0 Å². The van der Waals surface area contributed by atoms with Gasteiger partial charge in [0.1, 0.15) is 12.6 Å². The Bertz CT molecular complexity index is 170. The van der Waals surface area contributed by atoms with E-state index in [0.29, 0.717) is 0 Å². The Balaban J connectivity index is 4.02. The summed E-state index contributed by atoms with van der Waals surface area (Å²) < 4.78 is 4.80. The van der Waals surface area contributed by atoms with Crippen molar-refractivity contribution in [2.45, 2.75) is 26.8 Å². The molecule has 70 valence electrons. The molecule has 2 N–H and O–H groups in total. The van der Waals surface area contributed by atoms with Crippen molar-refractivity contribution in [3.8, 4) is 0 Å². The molecule has 3 heteroatoms. The minimum absolute atomic E-state index is 0.225. The Morgan fingerprint density at radius 2 is 2.17 bits per heavy atom. The molecule has 0 saturated heterocycles. The van der Waals surface area contributed by atoms with E-state index in [4.69, 9.17) is 10.5 Å². The minimum atomic E-state index is -0.572. The Morgan fingerprint density at radius 1 is 1.67 bits per heavy atom. The van der Waals surface area contributed by atoms with Crippen molar-refractivity contribution in [2.24, 2.45) is 11.1 Å². The third-order valence-electron chi connectivity index (χ3n) is 1.53. The average Bonchev–Trinajstić information content (AvgIpc) is 1.97. The number of carbonyl (C=O) groups excluding carboxylic acids is 1. The highest BCUT2D eigenvalue weighted by Crippen LogP contribution is 2.17. The topological polar surface area (TPSA) is 52.3 Å². The molecule has 0 heterocycles. The molecule has 0 fully saturated rings. The van der Waals surface area contributed by atoms with Gasteiger partial charge < -0.3 is 10.5 Å². The molecule has 0 aromatic rings. The second kappa shape index (κ2) is 4.26. The van der Waals surface area contributed by atoms with E-state index in [1.807, 2.05) is 20.8 Å². The van der Waals surface area contributed by atoms with Gasteiger partial charge in [-0.3, -0.25) is 4.79 Å². The quantitative estimate of drug-likeness (QED) is 0.511. The molecule has 0 unspecified atom stereocenters. The SMILES string of the molecule is C=CCOC(=O)[C@@H](N)C(C)(C)C. The number of hydrogen-bond acceptors (Lipinski definition) is 3. The van der Waals surface area contributed by atoms with Gasteiger partial charge in [-0.15, -0.1) is 0 Å². The minimum Gasteiger partial charge on any atom is -0.460 e. The maximum absolute atomic E-state index is 11.2. The van der Waals surface area contributed by atoms with Gasteiger partial charge in [0.25, 0.3) is 0 Å². The first-order valence-corrected chi connectivity index (χ1v) is 3.92. The molecule has 0 aliphatic carbocycles. The molecule has 0 aromatic carbocycles. The molecule has 3 nitrogen and oxygen atoms in total. The van der Waals surface area contributed by atoms with Crippen LogP contribution in [0.5, 0.6) is 0 Å². The highest BCUT2D eigenvalue weighted by atomic mass is 16.5. The van der Waals surface area contributed by atoms with Crippen molar-refractivity contribution in [3.63, 3.8) is 0 Å². The van der Waals surface area contributed by atoms with Crippen LogP contribution in [0.15, 0.2) is 12.7 Å². The molecule has 0 aliphatic heterocycles. The van der Waals surface area contributed by atoms with Crippen LogP contribution in [0.4, 0.5) is 0 Å². The van der Waals surface area contributed by atoms with Crippen LogP contribution in [0.1, 0.15) is 20.8 Å². The molecule has 0 amide bonds. The van der Waals surface area contributed by atoms with Gasteiger partial charge in [0, 0.05) is 0 Å². The van der Waals surface area contributed by atoms with E-state index < -0.39 is 6.04 Å². The van der Waals surface area contributed by atoms with E-state index in [0.717, 1.165) is 0 Å². The lowest BCUT2D eigenvalue weighted by Gasteiger charge is -2.24. The summed E-state index contributed by atoms with van der Waals surface area (Å²) in [5.74, 6) is -0.373. The van der Waals surface area contributed by atoms with E-state index in [1.54, 1.807) is 0 Å². The summed E-state index contributed by atoms with van der Waals surface area (Å²) in [4.78, 5) is 11.2. The monoisotopic (exact) mass is 171 g/mol. The number of ether oxygens (including phenoxy) is 1. The van der Waals surface area contributed by atoms with Crippen LogP contribution in [0.3, 0.4) is 0 Å². The van der Waals surface area contributed by atoms with Crippen LogP contribution in [0.2, 0.25) is 0 Å². The van der Waals surface area contributed by atoms with E-state index in [9.17, 15) is 4.79 Å². The van der Waals surface area contributed by atoms with Crippen LogP contribution < -0.4 is 5.73 Å². The van der Waals surface area contributed by atoms with Crippen molar-refractivity contribution in [3.05, 3.63) is 12.7 Å². The van der Waals surface area contributed by atoms with E-state index in [2.05, 4.69) is 6.58 Å². The Hall–Kier alpha value is -0.830. The first-order chi connectivity index (χ1) is 5.39. The van der Waals surface area contributed by atoms with Crippen LogP contribution in [-0.4, -0.2) is 18.6 Å². The van der Waals surface area contributed by atoms with Crippen LogP contribution in [0, 0.1) is 5.41 Å². The predicted octanol–water partition coefficient (Wildman–Crippen LogP) is 1.09. The van der Waals surface area contributed by atoms with Gasteiger partial charge >= 0.3 is 5.97 Å². The Morgan fingerprint density at radius 3 is 2.50 bits per heavy atom. The fourth-order valence-electron chi connectivity index (χ4n) is 0.584. The first-order valence-electron chi connectivity index (χ1n) is 3.92. The van der Waals surface area contributed by atoms with Crippen molar-refractivity contribution in [1.29, 1.82) is 0 Å². The maximum Gasteiger partial charge on any atom is 0.323 e. The molecule has 12 heavy (non-hydrogen) atoms. The Labute approximate surface area is 73.6 Å². The summed E-state index contributed by atoms with van der Waals surface area (Å²) in [5.41, 5.74) is 5.37. The largest absolute Gasteiger partial charge is 0.460 e. The zero-order valence-electron chi connectivity index (χ0n) is 7.96. The van der Waals surface area contributed by atoms with Crippen LogP contribution in [0.25, 0.3) is 0 Å². The standard InChI is InChI=1S/C9H17NO2/c1-5-6-12-8(11)7(10)9(2,3)4/h5,7H,1,6,10H2,2-4H3/t7-/m1/s1. The normalized spacial score (nSPS) is 13.7. The molecule has 0 spiro atoms. The second-order valence-electron chi connectivity index (χ2n) is 3.76. The smallest absolute Gasteiger partial charge is 0.323 e. The fraction of sp³-hybridized carbons (Fsp3) is 0.667. The summed E-state index contributed by atoms with van der Waals surface area (Å²) >= 11 is 0. The molecular formula is C9H17NO2. The number of hydrogen-bond donors (Lipinski definition) is 1. The summed E-state index contributed by atoms with van der Waals surface area (Å²) in [7, 11) is 0. The summed E-state index contributed by atoms with van der Waals surface area (Å²) in [5, 5.41) is 0. The van der Waals surface area contributed by atoms with Gasteiger partial charge in [-0.25, -0.2) is 0 Å². The lowest BCUT2D eigenvalue weighted by Crippen LogP contribution is -2.43. The highest BCUT2D eigenvalue weighted by molar-refractivity contribution is 5.76. The highest BCUT2D eigenvalue weighted by Gasteiger charge is 2.28. The first kappa shape index (κ1) is 11.2. The average molecular weight is 171 g/mol. The maximum atomic E-state index is 11.2. The van der Waals surface area contributed by atoms with Gasteiger partial charge in [-0.05, 0) is 5.41 Å². The third kappa shape index (κ3) is 3.53. The van der Waals surface area contributed by atoms with Gasteiger partial charge in [0.05, 0.1) is 0 Å². The molecule has 0 aliphatic rings. The fourth-order valence-corrected chi connectivity index (χ4v) is 0.584. The zero-order valence-corrected chi connectivity index (χ0v) is 7.96. The van der Waals surface area contributed by atoms with Gasteiger partial charge in [0.15, 0.2) is 0 Å². The van der Waals surface area contributed by atoms with Gasteiger partial charge in [-0.2, -0.15) is 0 Å². The molecule has 1 atom stereocenters. The number of carbonyl (C=O) groups is 1. The zero-order chi connectivity index (χ0) is 9.78. The molecule has 0 aromatic heterocycles. The molecule has 0 radical (unpaired) electrons. The Kier molecular flexibility index (Phi) is 3.96. The van der Waals surface area contributed by atoms with Crippen molar-refractivity contribution >= 4 is 5.97 Å². The van der Waals surface area contributed by atoms with Crippen molar-refractivity contribution in [1.82, 2.24) is 0 Å². The molecular weight excluding hydrogens is 154 g/mol. The summed E-state index contributed by atoms with van der Waals surface area (Å²) in [6, 6.07) is -0.572. The summed E-state index contributed by atoms with van der Waals surface area (Å²) in [6.07, 6.45) is 1.52. The van der Waals surface area contributed by atoms with Crippen molar-refractivity contribution < 1.29 is 9.53 Å². The number of nitrogens with two attached hydrogens (primary N) is 1. The van der Waals surface area contributed by atoms with Gasteiger partial charge in [0.2, 0.25) is 0 Å². The summed E-state index contributed by atoms with van der Waals surface area (Å²) in [6.45, 7) is 9.35. The number of rotatable bonds is 3. The van der Waals surface area contributed by atoms with Crippen molar-refractivity contribution in [2.75, 3.05) is 6.61 Å².